The van der Waals surface area contributed by atoms with Crippen LogP contribution in [-0.2, 0) is 5.54 Å². The van der Waals surface area contributed by atoms with E-state index in [1.165, 1.54) is 12.8 Å². The number of nitrogens with two attached hydrogens (primary N) is 1. The van der Waals surface area contributed by atoms with Crippen LogP contribution in [0.2, 0.25) is 0 Å². The first-order valence-corrected chi connectivity index (χ1v) is 5.70. The molecule has 1 aromatic carbocycles. The van der Waals surface area contributed by atoms with Gasteiger partial charge in [-0.15, -0.1) is 0 Å². The van der Waals surface area contributed by atoms with E-state index in [4.69, 9.17) is 15.2 Å². The van der Waals surface area contributed by atoms with Gasteiger partial charge in [-0.05, 0) is 30.5 Å². The van der Waals surface area contributed by atoms with Crippen molar-refractivity contribution in [3.8, 4) is 11.5 Å². The molecule has 0 aliphatic heterocycles. The van der Waals surface area contributed by atoms with E-state index in [-0.39, 0.29) is 5.54 Å². The van der Waals surface area contributed by atoms with Gasteiger partial charge in [-0.3, -0.25) is 0 Å². The zero-order chi connectivity index (χ0) is 11.6. The highest BCUT2D eigenvalue weighted by Gasteiger charge is 2.31. The molecule has 1 aliphatic rings. The molecule has 0 saturated heterocycles. The summed E-state index contributed by atoms with van der Waals surface area (Å²) in [7, 11) is 3.33. The Bertz CT molecular complexity index is 348. The van der Waals surface area contributed by atoms with Crippen molar-refractivity contribution in [3.63, 3.8) is 0 Å². The van der Waals surface area contributed by atoms with Crippen molar-refractivity contribution in [2.24, 2.45) is 5.73 Å². The molecule has 2 N–H and O–H groups in total. The number of benzene rings is 1. The lowest BCUT2D eigenvalue weighted by atomic mass is 9.89. The first kappa shape index (κ1) is 11.3. The zero-order valence-electron chi connectivity index (χ0n) is 9.95. The summed E-state index contributed by atoms with van der Waals surface area (Å²) in [4.78, 5) is 0. The predicted octanol–water partition coefficient (Wildman–Crippen LogP) is 2.43. The predicted molar refractivity (Wildman–Crippen MR) is 63.9 cm³/mol. The average molecular weight is 221 g/mol. The smallest absolute Gasteiger partial charge is 0.122 e. The Morgan fingerprint density at radius 1 is 1.00 bits per heavy atom. The standard InChI is InChI=1S/C13H19NO2/c1-15-11-7-10(8-12(9-11)16-2)13(14)5-3-4-6-13/h7-9H,3-6,14H2,1-2H3. The molecule has 1 saturated carbocycles. The van der Waals surface area contributed by atoms with Crippen LogP contribution < -0.4 is 15.2 Å². The lowest BCUT2D eigenvalue weighted by molar-refractivity contribution is 0.386. The largest absolute Gasteiger partial charge is 0.497 e. The topological polar surface area (TPSA) is 44.5 Å². The second kappa shape index (κ2) is 4.34. The van der Waals surface area contributed by atoms with E-state index < -0.39 is 0 Å². The average Bonchev–Trinajstić information content (AvgIpc) is 2.77. The SMILES string of the molecule is COc1cc(OC)cc(C2(N)CCCC2)c1. The normalized spacial score (nSPS) is 18.4. The van der Waals surface area contributed by atoms with Gasteiger partial charge < -0.3 is 15.2 Å². The van der Waals surface area contributed by atoms with Gasteiger partial charge in [0.1, 0.15) is 11.5 Å². The van der Waals surface area contributed by atoms with E-state index in [0.717, 1.165) is 29.9 Å². The third kappa shape index (κ3) is 2.00. The highest BCUT2D eigenvalue weighted by atomic mass is 16.5. The van der Waals surface area contributed by atoms with Gasteiger partial charge in [0, 0.05) is 11.6 Å². The van der Waals surface area contributed by atoms with Gasteiger partial charge in [0.05, 0.1) is 14.2 Å². The fourth-order valence-electron chi connectivity index (χ4n) is 2.39. The minimum Gasteiger partial charge on any atom is -0.497 e. The van der Waals surface area contributed by atoms with E-state index >= 15 is 0 Å². The molecule has 1 fully saturated rings. The Morgan fingerprint density at radius 3 is 1.94 bits per heavy atom. The number of rotatable bonds is 3. The highest BCUT2D eigenvalue weighted by Crippen LogP contribution is 2.39. The van der Waals surface area contributed by atoms with Gasteiger partial charge in [-0.1, -0.05) is 12.8 Å². The summed E-state index contributed by atoms with van der Waals surface area (Å²) in [5, 5.41) is 0. The Hall–Kier alpha value is -1.22. The molecular weight excluding hydrogens is 202 g/mol. The molecule has 0 bridgehead atoms. The van der Waals surface area contributed by atoms with Crippen LogP contribution in [0.1, 0.15) is 31.2 Å². The van der Waals surface area contributed by atoms with Crippen LogP contribution in [0.4, 0.5) is 0 Å². The van der Waals surface area contributed by atoms with Crippen LogP contribution in [0.5, 0.6) is 11.5 Å². The van der Waals surface area contributed by atoms with Gasteiger partial charge in [-0.2, -0.15) is 0 Å². The molecule has 0 aromatic heterocycles. The second-order valence-electron chi connectivity index (χ2n) is 4.46. The summed E-state index contributed by atoms with van der Waals surface area (Å²) in [5.74, 6) is 1.62. The molecule has 0 atom stereocenters. The molecular formula is C13H19NO2. The van der Waals surface area contributed by atoms with Crippen molar-refractivity contribution in [1.82, 2.24) is 0 Å². The van der Waals surface area contributed by atoms with Crippen molar-refractivity contribution in [3.05, 3.63) is 23.8 Å². The summed E-state index contributed by atoms with van der Waals surface area (Å²) >= 11 is 0. The van der Waals surface area contributed by atoms with E-state index in [1.54, 1.807) is 14.2 Å². The molecule has 0 radical (unpaired) electrons. The molecule has 88 valence electrons. The van der Waals surface area contributed by atoms with Crippen LogP contribution in [0.15, 0.2) is 18.2 Å². The first-order chi connectivity index (χ1) is 7.68. The molecule has 0 heterocycles. The molecule has 3 heteroatoms. The Morgan fingerprint density at radius 2 is 1.50 bits per heavy atom. The summed E-state index contributed by atoms with van der Waals surface area (Å²) in [6.07, 6.45) is 4.50. The van der Waals surface area contributed by atoms with Gasteiger partial charge in [0.2, 0.25) is 0 Å². The van der Waals surface area contributed by atoms with Crippen LogP contribution >= 0.6 is 0 Å². The Balaban J connectivity index is 2.39. The first-order valence-electron chi connectivity index (χ1n) is 5.70. The van der Waals surface area contributed by atoms with E-state index in [0.29, 0.717) is 0 Å². The number of methoxy groups -OCH3 is 2. The van der Waals surface area contributed by atoms with Gasteiger partial charge in [0.25, 0.3) is 0 Å². The van der Waals surface area contributed by atoms with Gasteiger partial charge in [-0.25, -0.2) is 0 Å². The number of hydrogen-bond donors (Lipinski definition) is 1. The fourth-order valence-corrected chi connectivity index (χ4v) is 2.39. The molecule has 16 heavy (non-hydrogen) atoms. The lowest BCUT2D eigenvalue weighted by Crippen LogP contribution is -2.33. The monoisotopic (exact) mass is 221 g/mol. The Kier molecular flexibility index (Phi) is 3.06. The molecule has 3 nitrogen and oxygen atoms in total. The summed E-state index contributed by atoms with van der Waals surface area (Å²) in [6.45, 7) is 0. The Labute approximate surface area is 96.5 Å². The van der Waals surface area contributed by atoms with E-state index in [9.17, 15) is 0 Å². The van der Waals surface area contributed by atoms with Crippen LogP contribution in [-0.4, -0.2) is 14.2 Å². The fraction of sp³-hybridized carbons (Fsp3) is 0.538. The molecule has 1 aliphatic carbocycles. The lowest BCUT2D eigenvalue weighted by Gasteiger charge is -2.25. The van der Waals surface area contributed by atoms with Crippen LogP contribution in [0.3, 0.4) is 0 Å². The minimum atomic E-state index is -0.193. The molecule has 0 spiro atoms. The van der Waals surface area contributed by atoms with Gasteiger partial charge >= 0.3 is 0 Å². The van der Waals surface area contributed by atoms with Crippen LogP contribution in [0.25, 0.3) is 0 Å². The third-order valence-corrected chi connectivity index (χ3v) is 3.42. The second-order valence-corrected chi connectivity index (χ2v) is 4.46. The third-order valence-electron chi connectivity index (χ3n) is 3.42. The van der Waals surface area contributed by atoms with Crippen molar-refractivity contribution < 1.29 is 9.47 Å². The number of ether oxygens (including phenoxy) is 2. The van der Waals surface area contributed by atoms with Crippen molar-refractivity contribution >= 4 is 0 Å². The zero-order valence-corrected chi connectivity index (χ0v) is 9.95. The van der Waals surface area contributed by atoms with E-state index in [2.05, 4.69) is 0 Å². The van der Waals surface area contributed by atoms with Crippen molar-refractivity contribution in [2.45, 2.75) is 31.2 Å². The maximum atomic E-state index is 6.42. The summed E-state index contributed by atoms with van der Waals surface area (Å²) in [6, 6.07) is 5.92. The highest BCUT2D eigenvalue weighted by molar-refractivity contribution is 5.41. The minimum absolute atomic E-state index is 0.193. The van der Waals surface area contributed by atoms with Crippen molar-refractivity contribution in [1.29, 1.82) is 0 Å². The van der Waals surface area contributed by atoms with Gasteiger partial charge in [0.15, 0.2) is 0 Å². The number of hydrogen-bond acceptors (Lipinski definition) is 3. The summed E-state index contributed by atoms with van der Waals surface area (Å²) in [5.41, 5.74) is 7.35. The maximum Gasteiger partial charge on any atom is 0.122 e. The molecule has 2 rings (SSSR count). The van der Waals surface area contributed by atoms with E-state index in [1.807, 2.05) is 18.2 Å². The van der Waals surface area contributed by atoms with Crippen LogP contribution in [0, 0.1) is 0 Å². The quantitative estimate of drug-likeness (QED) is 0.852. The molecule has 1 aromatic rings. The maximum absolute atomic E-state index is 6.42. The van der Waals surface area contributed by atoms with Crippen molar-refractivity contribution in [2.75, 3.05) is 14.2 Å². The molecule has 0 unspecified atom stereocenters. The summed E-state index contributed by atoms with van der Waals surface area (Å²) < 4.78 is 10.5. The molecule has 0 amide bonds.